The van der Waals surface area contributed by atoms with Gasteiger partial charge in [-0.25, -0.2) is 4.79 Å². The number of ether oxygens (including phenoxy) is 1. The minimum Gasteiger partial charge on any atom is -0.359 e. The highest BCUT2D eigenvalue weighted by Crippen LogP contribution is 2.12. The predicted molar refractivity (Wildman–Crippen MR) is 43.7 cm³/mol. The van der Waals surface area contributed by atoms with Crippen LogP contribution in [0.1, 0.15) is 12.8 Å². The Bertz CT molecular complexity index is 154. The Morgan fingerprint density at radius 2 is 1.83 bits per heavy atom. The number of carbonyl (C=O) groups is 1. The molecular weight excluding hydrogens is 156 g/mol. The predicted octanol–water partition coefficient (Wildman–Crippen LogP) is 0.492. The minimum atomic E-state index is 0.157. The van der Waals surface area contributed by atoms with Crippen LogP contribution in [0.5, 0.6) is 0 Å². The van der Waals surface area contributed by atoms with Crippen molar-refractivity contribution in [3.8, 4) is 0 Å². The van der Waals surface area contributed by atoms with Crippen LogP contribution in [0.4, 0.5) is 4.79 Å². The first-order chi connectivity index (χ1) is 5.88. The summed E-state index contributed by atoms with van der Waals surface area (Å²) in [7, 11) is 0. The van der Waals surface area contributed by atoms with Crippen LogP contribution < -0.4 is 0 Å². The van der Waals surface area contributed by atoms with Crippen molar-refractivity contribution < 1.29 is 9.53 Å². The number of nitrogens with zero attached hydrogens (tertiary/aromatic N) is 2. The summed E-state index contributed by atoms with van der Waals surface area (Å²) in [5, 5.41) is 0. The molecule has 2 heterocycles. The van der Waals surface area contributed by atoms with Crippen LogP contribution in [0, 0.1) is 0 Å². The average Bonchev–Trinajstić information content (AvgIpc) is 2.77. The Morgan fingerprint density at radius 1 is 1.08 bits per heavy atom. The number of rotatable bonds is 0. The molecule has 0 spiro atoms. The van der Waals surface area contributed by atoms with Gasteiger partial charge in [0.25, 0.3) is 0 Å². The molecule has 2 aliphatic heterocycles. The maximum atomic E-state index is 11.6. The van der Waals surface area contributed by atoms with E-state index in [1.165, 1.54) is 0 Å². The van der Waals surface area contributed by atoms with Crippen molar-refractivity contribution in [2.45, 2.75) is 12.8 Å². The van der Waals surface area contributed by atoms with Gasteiger partial charge in [0.1, 0.15) is 6.73 Å². The van der Waals surface area contributed by atoms with E-state index >= 15 is 0 Å². The Kier molecular flexibility index (Phi) is 2.17. The second kappa shape index (κ2) is 3.31. The summed E-state index contributed by atoms with van der Waals surface area (Å²) in [6.07, 6.45) is 2.31. The SMILES string of the molecule is O=C(N1CCCC1)N1CCOC1. The van der Waals surface area contributed by atoms with Crippen LogP contribution in [0.15, 0.2) is 0 Å². The summed E-state index contributed by atoms with van der Waals surface area (Å²) in [6, 6.07) is 0.157. The zero-order valence-electron chi connectivity index (χ0n) is 7.16. The molecule has 12 heavy (non-hydrogen) atoms. The third-order valence-corrected chi connectivity index (χ3v) is 2.40. The molecular formula is C8H14N2O2. The molecule has 0 aromatic rings. The van der Waals surface area contributed by atoms with Crippen molar-refractivity contribution in [3.63, 3.8) is 0 Å². The lowest BCUT2D eigenvalue weighted by Crippen LogP contribution is -2.40. The molecule has 68 valence electrons. The van der Waals surface area contributed by atoms with Crippen LogP contribution in [0.3, 0.4) is 0 Å². The van der Waals surface area contributed by atoms with Gasteiger partial charge in [-0.15, -0.1) is 0 Å². The largest absolute Gasteiger partial charge is 0.359 e. The number of hydrogen-bond donors (Lipinski definition) is 0. The van der Waals surface area contributed by atoms with E-state index in [4.69, 9.17) is 4.74 Å². The number of urea groups is 1. The summed E-state index contributed by atoms with van der Waals surface area (Å²) < 4.78 is 5.12. The van der Waals surface area contributed by atoms with Crippen LogP contribution in [-0.2, 0) is 4.74 Å². The van der Waals surface area contributed by atoms with Gasteiger partial charge in [-0.2, -0.15) is 0 Å². The molecule has 2 rings (SSSR count). The third-order valence-electron chi connectivity index (χ3n) is 2.40. The van der Waals surface area contributed by atoms with E-state index in [0.717, 1.165) is 32.5 Å². The van der Waals surface area contributed by atoms with Crippen molar-refractivity contribution in [1.29, 1.82) is 0 Å². The van der Waals surface area contributed by atoms with Crippen LogP contribution in [0.2, 0.25) is 0 Å². The summed E-state index contributed by atoms with van der Waals surface area (Å²) in [5.74, 6) is 0. The highest BCUT2D eigenvalue weighted by Gasteiger charge is 2.25. The first-order valence-corrected chi connectivity index (χ1v) is 4.49. The molecule has 0 aromatic carbocycles. The first kappa shape index (κ1) is 7.86. The van der Waals surface area contributed by atoms with Gasteiger partial charge in [-0.05, 0) is 12.8 Å². The number of likely N-dealkylation sites (tertiary alicyclic amines) is 1. The van der Waals surface area contributed by atoms with E-state index in [-0.39, 0.29) is 6.03 Å². The molecule has 2 amide bonds. The normalized spacial score (nSPS) is 23.7. The second-order valence-electron chi connectivity index (χ2n) is 3.28. The Balaban J connectivity index is 1.89. The fraction of sp³-hybridized carbons (Fsp3) is 0.875. The molecule has 2 fully saturated rings. The van der Waals surface area contributed by atoms with Crippen molar-refractivity contribution in [2.75, 3.05) is 33.0 Å². The standard InChI is InChI=1S/C8H14N2O2/c11-8(9-3-1-2-4-9)10-5-6-12-7-10/h1-7H2. The Hall–Kier alpha value is -0.770. The summed E-state index contributed by atoms with van der Waals surface area (Å²) in [6.45, 7) is 3.79. The van der Waals surface area contributed by atoms with E-state index in [1.807, 2.05) is 4.90 Å². The number of hydrogen-bond acceptors (Lipinski definition) is 2. The summed E-state index contributed by atoms with van der Waals surface area (Å²) in [4.78, 5) is 15.3. The third kappa shape index (κ3) is 1.39. The molecule has 0 aliphatic carbocycles. The maximum absolute atomic E-state index is 11.6. The monoisotopic (exact) mass is 170 g/mol. The molecule has 2 aliphatic rings. The summed E-state index contributed by atoms with van der Waals surface area (Å²) >= 11 is 0. The Morgan fingerprint density at radius 3 is 2.42 bits per heavy atom. The van der Waals surface area contributed by atoms with Gasteiger partial charge in [0.15, 0.2) is 0 Å². The molecule has 0 saturated carbocycles. The molecule has 0 radical (unpaired) electrons. The molecule has 4 nitrogen and oxygen atoms in total. The molecule has 0 unspecified atom stereocenters. The lowest BCUT2D eigenvalue weighted by atomic mass is 10.4. The van der Waals surface area contributed by atoms with E-state index in [2.05, 4.69) is 0 Å². The van der Waals surface area contributed by atoms with Crippen LogP contribution in [0.25, 0.3) is 0 Å². The molecule has 0 bridgehead atoms. The Labute approximate surface area is 72.1 Å². The summed E-state index contributed by atoms with van der Waals surface area (Å²) in [5.41, 5.74) is 0. The fourth-order valence-electron chi connectivity index (χ4n) is 1.67. The van der Waals surface area contributed by atoms with Crippen LogP contribution >= 0.6 is 0 Å². The van der Waals surface area contributed by atoms with Crippen molar-refractivity contribution in [2.24, 2.45) is 0 Å². The van der Waals surface area contributed by atoms with Gasteiger partial charge < -0.3 is 9.64 Å². The van der Waals surface area contributed by atoms with Crippen LogP contribution in [-0.4, -0.2) is 48.8 Å². The second-order valence-corrected chi connectivity index (χ2v) is 3.28. The molecule has 0 aromatic heterocycles. The zero-order chi connectivity index (χ0) is 8.39. The van der Waals surface area contributed by atoms with Gasteiger partial charge in [0, 0.05) is 19.6 Å². The first-order valence-electron chi connectivity index (χ1n) is 4.49. The quantitative estimate of drug-likeness (QED) is 0.530. The van der Waals surface area contributed by atoms with Crippen molar-refractivity contribution in [1.82, 2.24) is 9.80 Å². The maximum Gasteiger partial charge on any atom is 0.321 e. The lowest BCUT2D eigenvalue weighted by Gasteiger charge is -2.21. The fourth-order valence-corrected chi connectivity index (χ4v) is 1.67. The zero-order valence-corrected chi connectivity index (χ0v) is 7.16. The van der Waals surface area contributed by atoms with Crippen molar-refractivity contribution >= 4 is 6.03 Å². The van der Waals surface area contributed by atoms with E-state index in [1.54, 1.807) is 4.90 Å². The molecule has 2 saturated heterocycles. The number of amides is 2. The highest BCUT2D eigenvalue weighted by atomic mass is 16.5. The molecule has 0 atom stereocenters. The molecule has 0 N–H and O–H groups in total. The smallest absolute Gasteiger partial charge is 0.321 e. The lowest BCUT2D eigenvalue weighted by molar-refractivity contribution is 0.127. The van der Waals surface area contributed by atoms with Gasteiger partial charge >= 0.3 is 6.03 Å². The minimum absolute atomic E-state index is 0.157. The average molecular weight is 170 g/mol. The van der Waals surface area contributed by atoms with E-state index in [0.29, 0.717) is 13.3 Å². The molecule has 4 heteroatoms. The number of carbonyl (C=O) groups excluding carboxylic acids is 1. The van der Waals surface area contributed by atoms with Gasteiger partial charge in [0.2, 0.25) is 0 Å². The van der Waals surface area contributed by atoms with E-state index < -0.39 is 0 Å². The van der Waals surface area contributed by atoms with Gasteiger partial charge in [0.05, 0.1) is 6.61 Å². The highest BCUT2D eigenvalue weighted by molar-refractivity contribution is 5.74. The van der Waals surface area contributed by atoms with Gasteiger partial charge in [-0.3, -0.25) is 4.90 Å². The van der Waals surface area contributed by atoms with Gasteiger partial charge in [-0.1, -0.05) is 0 Å². The topological polar surface area (TPSA) is 32.8 Å². The van der Waals surface area contributed by atoms with E-state index in [9.17, 15) is 4.79 Å². The van der Waals surface area contributed by atoms with Crippen molar-refractivity contribution in [3.05, 3.63) is 0 Å².